The fourth-order valence-corrected chi connectivity index (χ4v) is 5.57. The van der Waals surface area contributed by atoms with Crippen LogP contribution < -0.4 is 14.4 Å². The monoisotopic (exact) mass is 436 g/mol. The Balaban J connectivity index is 1.72. The smallest absolute Gasteiger partial charge is 0.264 e. The van der Waals surface area contributed by atoms with Crippen LogP contribution in [-0.2, 0) is 16.4 Å². The summed E-state index contributed by atoms with van der Waals surface area (Å²) in [5.74, 6) is 0.0802. The van der Waals surface area contributed by atoms with E-state index in [9.17, 15) is 13.2 Å². The van der Waals surface area contributed by atoms with Crippen LogP contribution in [0.1, 0.15) is 29.8 Å². The van der Waals surface area contributed by atoms with Gasteiger partial charge >= 0.3 is 0 Å². The van der Waals surface area contributed by atoms with Crippen molar-refractivity contribution in [3.05, 3.63) is 83.9 Å². The summed E-state index contributed by atoms with van der Waals surface area (Å²) in [6.45, 7) is 4.11. The predicted molar refractivity (Wildman–Crippen MR) is 121 cm³/mol. The lowest BCUT2D eigenvalue weighted by atomic mass is 10.1. The fourth-order valence-electron chi connectivity index (χ4n) is 3.85. The number of nitrogens with zero attached hydrogens (tertiary/aromatic N) is 1. The number of carbonyl (C=O) groups excluding carboxylic acids is 1. The van der Waals surface area contributed by atoms with E-state index in [1.807, 2.05) is 44.2 Å². The summed E-state index contributed by atoms with van der Waals surface area (Å²) >= 11 is 0. The molecular formula is C24H24N2O4S. The Morgan fingerprint density at radius 3 is 2.52 bits per heavy atom. The molecule has 4 rings (SSSR count). The van der Waals surface area contributed by atoms with Crippen molar-refractivity contribution in [1.29, 1.82) is 0 Å². The number of rotatable bonds is 6. The minimum Gasteiger partial charge on any atom is -0.492 e. The molecule has 0 saturated heterocycles. The largest absolute Gasteiger partial charge is 0.492 e. The summed E-state index contributed by atoms with van der Waals surface area (Å²) in [7, 11) is -3.83. The molecule has 1 atom stereocenters. The molecule has 0 radical (unpaired) electrons. The average Bonchev–Trinajstić information content (AvgIpc) is 3.12. The number of ether oxygens (including phenoxy) is 1. The number of hydrogen-bond donors (Lipinski definition) is 1. The van der Waals surface area contributed by atoms with Crippen LogP contribution in [0.2, 0.25) is 0 Å². The van der Waals surface area contributed by atoms with Crippen LogP contribution in [0.15, 0.2) is 77.7 Å². The molecule has 0 saturated carbocycles. The van der Waals surface area contributed by atoms with Crippen LogP contribution in [0.4, 0.5) is 11.4 Å². The molecule has 1 N–H and O–H groups in total. The maximum atomic E-state index is 13.6. The number of anilines is 2. The van der Waals surface area contributed by atoms with E-state index in [0.717, 1.165) is 5.56 Å². The van der Waals surface area contributed by atoms with Crippen molar-refractivity contribution in [2.24, 2.45) is 0 Å². The Bertz CT molecular complexity index is 1210. The van der Waals surface area contributed by atoms with Gasteiger partial charge in [0.1, 0.15) is 5.75 Å². The van der Waals surface area contributed by atoms with Crippen LogP contribution in [-0.4, -0.2) is 27.0 Å². The van der Waals surface area contributed by atoms with Gasteiger partial charge in [-0.1, -0.05) is 36.4 Å². The number of para-hydroxylation sites is 1. The Morgan fingerprint density at radius 1 is 1.06 bits per heavy atom. The van der Waals surface area contributed by atoms with E-state index in [2.05, 4.69) is 5.32 Å². The van der Waals surface area contributed by atoms with Crippen molar-refractivity contribution < 1.29 is 17.9 Å². The first-order valence-electron chi connectivity index (χ1n) is 10.2. The second kappa shape index (κ2) is 8.43. The average molecular weight is 437 g/mol. The number of benzene rings is 3. The highest BCUT2D eigenvalue weighted by atomic mass is 32.2. The standard InChI is InChI=1S/C24H24N2O4S/c1-3-30-23-14-13-20(16-21(23)25-24(27)18-9-5-4-6-10-18)31(28,29)26-17(2)15-19-11-7-8-12-22(19)26/h4-14,16-17H,3,15H2,1-2H3,(H,25,27). The molecule has 0 fully saturated rings. The third kappa shape index (κ3) is 4.01. The molecule has 7 heteroatoms. The van der Waals surface area contributed by atoms with Gasteiger partial charge in [0.05, 0.1) is 22.9 Å². The van der Waals surface area contributed by atoms with Gasteiger partial charge < -0.3 is 10.1 Å². The number of hydrogen-bond acceptors (Lipinski definition) is 4. The maximum Gasteiger partial charge on any atom is 0.264 e. The zero-order valence-electron chi connectivity index (χ0n) is 17.4. The first-order valence-corrected chi connectivity index (χ1v) is 11.6. The number of nitrogens with one attached hydrogen (secondary N) is 1. The summed E-state index contributed by atoms with van der Waals surface area (Å²) < 4.78 is 34.2. The first kappa shape index (κ1) is 20.9. The Kier molecular flexibility index (Phi) is 5.69. The predicted octanol–water partition coefficient (Wildman–Crippen LogP) is 4.48. The summed E-state index contributed by atoms with van der Waals surface area (Å²) in [6.07, 6.45) is 0.657. The van der Waals surface area contributed by atoms with E-state index in [4.69, 9.17) is 4.74 Å². The van der Waals surface area contributed by atoms with E-state index in [-0.39, 0.29) is 16.8 Å². The molecule has 31 heavy (non-hydrogen) atoms. The lowest BCUT2D eigenvalue weighted by Crippen LogP contribution is -2.35. The fraction of sp³-hybridized carbons (Fsp3) is 0.208. The van der Waals surface area contributed by atoms with Crippen molar-refractivity contribution in [2.45, 2.75) is 31.2 Å². The lowest BCUT2D eigenvalue weighted by Gasteiger charge is -2.25. The molecule has 1 unspecified atom stereocenters. The highest BCUT2D eigenvalue weighted by Gasteiger charge is 2.36. The molecule has 3 aromatic carbocycles. The van der Waals surface area contributed by atoms with Crippen LogP contribution in [0.25, 0.3) is 0 Å². The Labute approximate surface area is 182 Å². The summed E-state index contributed by atoms with van der Waals surface area (Å²) in [5.41, 5.74) is 2.48. The Hall–Kier alpha value is -3.32. The maximum absolute atomic E-state index is 13.6. The number of carbonyl (C=O) groups is 1. The molecular weight excluding hydrogens is 412 g/mol. The van der Waals surface area contributed by atoms with E-state index >= 15 is 0 Å². The van der Waals surface area contributed by atoms with Crippen molar-refractivity contribution in [2.75, 3.05) is 16.2 Å². The zero-order chi connectivity index (χ0) is 22.0. The second-order valence-electron chi connectivity index (χ2n) is 7.39. The molecule has 0 aromatic heterocycles. The van der Waals surface area contributed by atoms with Gasteiger partial charge in [-0.3, -0.25) is 9.10 Å². The quantitative estimate of drug-likeness (QED) is 0.618. The third-order valence-electron chi connectivity index (χ3n) is 5.24. The van der Waals surface area contributed by atoms with Crippen LogP contribution >= 0.6 is 0 Å². The van der Waals surface area contributed by atoms with Gasteiger partial charge in [-0.2, -0.15) is 0 Å². The van der Waals surface area contributed by atoms with Crippen molar-refractivity contribution in [3.8, 4) is 5.75 Å². The molecule has 1 aliphatic heterocycles. The molecule has 160 valence electrons. The normalized spacial score (nSPS) is 15.4. The van der Waals surface area contributed by atoms with Crippen molar-refractivity contribution >= 4 is 27.3 Å². The molecule has 0 aliphatic carbocycles. The van der Waals surface area contributed by atoms with Gasteiger partial charge in [-0.05, 0) is 62.2 Å². The zero-order valence-corrected chi connectivity index (χ0v) is 18.2. The summed E-state index contributed by atoms with van der Waals surface area (Å²) in [5, 5.41) is 2.80. The number of sulfonamides is 1. The van der Waals surface area contributed by atoms with Crippen LogP contribution in [0, 0.1) is 0 Å². The molecule has 1 heterocycles. The third-order valence-corrected chi connectivity index (χ3v) is 7.16. The van der Waals surface area contributed by atoms with Crippen LogP contribution in [0.3, 0.4) is 0 Å². The molecule has 1 aliphatic rings. The minimum absolute atomic E-state index is 0.0999. The highest BCUT2D eigenvalue weighted by molar-refractivity contribution is 7.92. The Morgan fingerprint density at radius 2 is 1.77 bits per heavy atom. The van der Waals surface area contributed by atoms with Gasteiger partial charge in [-0.15, -0.1) is 0 Å². The number of fused-ring (bicyclic) bond motifs is 1. The molecule has 0 bridgehead atoms. The van der Waals surface area contributed by atoms with Crippen molar-refractivity contribution in [1.82, 2.24) is 0 Å². The molecule has 6 nitrogen and oxygen atoms in total. The number of amides is 1. The van der Waals surface area contributed by atoms with Gasteiger partial charge in [0.25, 0.3) is 15.9 Å². The van der Waals surface area contributed by atoms with E-state index in [0.29, 0.717) is 35.7 Å². The van der Waals surface area contributed by atoms with Gasteiger partial charge in [0, 0.05) is 11.6 Å². The topological polar surface area (TPSA) is 75.7 Å². The molecule has 1 amide bonds. The van der Waals surface area contributed by atoms with Gasteiger partial charge in [0.15, 0.2) is 0 Å². The highest BCUT2D eigenvalue weighted by Crippen LogP contribution is 2.38. The summed E-state index contributed by atoms with van der Waals surface area (Å²) in [6, 6.07) is 20.6. The van der Waals surface area contributed by atoms with Gasteiger partial charge in [0.2, 0.25) is 0 Å². The lowest BCUT2D eigenvalue weighted by molar-refractivity contribution is 0.102. The van der Waals surface area contributed by atoms with E-state index < -0.39 is 10.0 Å². The van der Waals surface area contributed by atoms with Crippen molar-refractivity contribution in [3.63, 3.8) is 0 Å². The SMILES string of the molecule is CCOc1ccc(S(=O)(=O)N2c3ccccc3CC2C)cc1NC(=O)c1ccccc1. The van der Waals surface area contributed by atoms with Crippen LogP contribution in [0.5, 0.6) is 5.75 Å². The molecule has 0 spiro atoms. The second-order valence-corrected chi connectivity index (χ2v) is 9.21. The van der Waals surface area contributed by atoms with Gasteiger partial charge in [-0.25, -0.2) is 8.42 Å². The van der Waals surface area contributed by atoms with E-state index in [1.165, 1.54) is 16.4 Å². The summed E-state index contributed by atoms with van der Waals surface area (Å²) in [4.78, 5) is 12.8. The minimum atomic E-state index is -3.83. The molecule has 3 aromatic rings. The first-order chi connectivity index (χ1) is 14.9. The van der Waals surface area contributed by atoms with E-state index in [1.54, 1.807) is 30.3 Å².